The van der Waals surface area contributed by atoms with Gasteiger partial charge in [-0.3, -0.25) is 9.59 Å². The molecular formula is C21H21ClN4O2. The first-order valence-electron chi connectivity index (χ1n) is 9.26. The van der Waals surface area contributed by atoms with E-state index >= 15 is 0 Å². The van der Waals surface area contributed by atoms with E-state index in [0.717, 1.165) is 16.6 Å². The Hall–Kier alpha value is -2.86. The van der Waals surface area contributed by atoms with Crippen LogP contribution in [0.2, 0.25) is 5.02 Å². The number of benzene rings is 2. The first-order valence-corrected chi connectivity index (χ1v) is 9.64. The molecule has 1 aromatic heterocycles. The fourth-order valence-electron chi connectivity index (χ4n) is 3.55. The normalized spacial score (nSPS) is 14.5. The van der Waals surface area contributed by atoms with Gasteiger partial charge in [-0.2, -0.15) is 0 Å². The fraction of sp³-hybridized carbons (Fsp3) is 0.286. The molecule has 0 bridgehead atoms. The van der Waals surface area contributed by atoms with E-state index in [0.29, 0.717) is 37.0 Å². The smallest absolute Gasteiger partial charge is 0.293 e. The van der Waals surface area contributed by atoms with Crippen LogP contribution in [0.25, 0.3) is 11.0 Å². The van der Waals surface area contributed by atoms with E-state index in [4.69, 9.17) is 11.6 Å². The molecule has 0 N–H and O–H groups in total. The standard InChI is InChI=1S/C21H21ClN4O2/c1-24-18-9-5-4-8-17(18)23-20(21(24)28)26-12-10-25(11-13-26)19(27)14-15-6-2-3-7-16(15)22/h2-9H,10-14H2,1H3. The molecule has 1 fully saturated rings. The monoisotopic (exact) mass is 396 g/mol. The van der Waals surface area contributed by atoms with Crippen LogP contribution in [-0.4, -0.2) is 46.5 Å². The molecule has 0 radical (unpaired) electrons. The summed E-state index contributed by atoms with van der Waals surface area (Å²) in [6.07, 6.45) is 0.287. The molecule has 7 heteroatoms. The third kappa shape index (κ3) is 3.47. The average molecular weight is 397 g/mol. The molecule has 1 saturated heterocycles. The second-order valence-corrected chi connectivity index (χ2v) is 7.33. The van der Waals surface area contributed by atoms with E-state index in [1.165, 1.54) is 0 Å². The van der Waals surface area contributed by atoms with Crippen molar-refractivity contribution in [3.63, 3.8) is 0 Å². The summed E-state index contributed by atoms with van der Waals surface area (Å²) < 4.78 is 1.63. The van der Waals surface area contributed by atoms with Gasteiger partial charge in [0.1, 0.15) is 0 Å². The Balaban J connectivity index is 1.48. The lowest BCUT2D eigenvalue weighted by Gasteiger charge is -2.35. The van der Waals surface area contributed by atoms with Crippen LogP contribution in [-0.2, 0) is 18.3 Å². The molecule has 6 nitrogen and oxygen atoms in total. The Kier molecular flexibility index (Phi) is 5.05. The Morgan fingerprint density at radius 2 is 1.71 bits per heavy atom. The number of nitrogens with zero attached hydrogens (tertiary/aromatic N) is 4. The highest BCUT2D eigenvalue weighted by molar-refractivity contribution is 6.31. The van der Waals surface area contributed by atoms with Crippen LogP contribution in [0.5, 0.6) is 0 Å². The summed E-state index contributed by atoms with van der Waals surface area (Å²) in [5.74, 6) is 0.492. The van der Waals surface area contributed by atoms with Crippen LogP contribution in [0.4, 0.5) is 5.82 Å². The lowest BCUT2D eigenvalue weighted by molar-refractivity contribution is -0.130. The lowest BCUT2D eigenvalue weighted by Crippen LogP contribution is -2.51. The second kappa shape index (κ2) is 7.64. The summed E-state index contributed by atoms with van der Waals surface area (Å²) in [6.45, 7) is 2.27. The van der Waals surface area contributed by atoms with Gasteiger partial charge < -0.3 is 14.4 Å². The topological polar surface area (TPSA) is 58.4 Å². The van der Waals surface area contributed by atoms with Gasteiger partial charge in [-0.1, -0.05) is 41.9 Å². The first kappa shape index (κ1) is 18.5. The zero-order valence-corrected chi connectivity index (χ0v) is 16.4. The van der Waals surface area contributed by atoms with Gasteiger partial charge in [0.2, 0.25) is 5.91 Å². The van der Waals surface area contributed by atoms with E-state index < -0.39 is 0 Å². The van der Waals surface area contributed by atoms with E-state index in [1.54, 1.807) is 17.7 Å². The Morgan fingerprint density at radius 1 is 1.04 bits per heavy atom. The summed E-state index contributed by atoms with van der Waals surface area (Å²) in [4.78, 5) is 33.7. The fourth-order valence-corrected chi connectivity index (χ4v) is 3.76. The number of hydrogen-bond donors (Lipinski definition) is 0. The van der Waals surface area contributed by atoms with Crippen molar-refractivity contribution in [3.05, 3.63) is 69.5 Å². The van der Waals surface area contributed by atoms with E-state index in [9.17, 15) is 9.59 Å². The number of fused-ring (bicyclic) bond motifs is 1. The summed E-state index contributed by atoms with van der Waals surface area (Å²) in [5, 5.41) is 0.610. The molecule has 28 heavy (non-hydrogen) atoms. The molecule has 4 rings (SSSR count). The SMILES string of the molecule is Cn1c(=O)c(N2CCN(C(=O)Cc3ccccc3Cl)CC2)nc2ccccc21. The van der Waals surface area contributed by atoms with Gasteiger partial charge in [0, 0.05) is 38.2 Å². The molecule has 1 amide bonds. The Morgan fingerprint density at radius 3 is 2.46 bits per heavy atom. The molecule has 0 saturated carbocycles. The molecule has 0 aliphatic carbocycles. The average Bonchev–Trinajstić information content (AvgIpc) is 2.72. The molecule has 0 unspecified atom stereocenters. The van der Waals surface area contributed by atoms with Crippen molar-refractivity contribution in [2.24, 2.45) is 7.05 Å². The Labute approximate surface area is 168 Å². The van der Waals surface area contributed by atoms with Gasteiger partial charge in [0.25, 0.3) is 5.56 Å². The number of aryl methyl sites for hydroxylation is 1. The predicted molar refractivity (Wildman–Crippen MR) is 111 cm³/mol. The minimum absolute atomic E-state index is 0.0483. The maximum absolute atomic E-state index is 12.7. The van der Waals surface area contributed by atoms with Crippen LogP contribution >= 0.6 is 11.6 Å². The third-order valence-electron chi connectivity index (χ3n) is 5.20. The number of amides is 1. The van der Waals surface area contributed by atoms with Crippen LogP contribution in [0.15, 0.2) is 53.3 Å². The van der Waals surface area contributed by atoms with Crippen LogP contribution < -0.4 is 10.5 Å². The van der Waals surface area contributed by atoms with Gasteiger partial charge in [0.15, 0.2) is 5.82 Å². The zero-order chi connectivity index (χ0) is 19.7. The second-order valence-electron chi connectivity index (χ2n) is 6.92. The Bertz CT molecular complexity index is 1090. The molecule has 0 atom stereocenters. The molecule has 0 spiro atoms. The van der Waals surface area contributed by atoms with Crippen molar-refractivity contribution < 1.29 is 4.79 Å². The number of anilines is 1. The maximum Gasteiger partial charge on any atom is 0.293 e. The van der Waals surface area contributed by atoms with Gasteiger partial charge >= 0.3 is 0 Å². The molecule has 1 aliphatic rings. The number of aromatic nitrogens is 2. The van der Waals surface area contributed by atoms with Crippen molar-refractivity contribution in [2.45, 2.75) is 6.42 Å². The quantitative estimate of drug-likeness (QED) is 0.682. The largest absolute Gasteiger partial charge is 0.348 e. The summed E-state index contributed by atoms with van der Waals surface area (Å²) in [7, 11) is 1.76. The highest BCUT2D eigenvalue weighted by Crippen LogP contribution is 2.18. The van der Waals surface area contributed by atoms with E-state index in [1.807, 2.05) is 52.3 Å². The number of halogens is 1. The van der Waals surface area contributed by atoms with Crippen molar-refractivity contribution in [2.75, 3.05) is 31.1 Å². The first-order chi connectivity index (χ1) is 13.5. The number of hydrogen-bond acceptors (Lipinski definition) is 4. The number of para-hydroxylation sites is 2. The van der Waals surface area contributed by atoms with Crippen molar-refractivity contribution >= 4 is 34.4 Å². The summed E-state index contributed by atoms with van der Waals surface area (Å²) in [5.41, 5.74) is 2.32. The highest BCUT2D eigenvalue weighted by atomic mass is 35.5. The number of carbonyl (C=O) groups excluding carboxylic acids is 1. The van der Waals surface area contributed by atoms with Crippen LogP contribution in [0, 0.1) is 0 Å². The van der Waals surface area contributed by atoms with E-state index in [2.05, 4.69) is 4.98 Å². The van der Waals surface area contributed by atoms with Gasteiger partial charge in [-0.15, -0.1) is 0 Å². The molecule has 144 valence electrons. The molecular weight excluding hydrogens is 376 g/mol. The van der Waals surface area contributed by atoms with E-state index in [-0.39, 0.29) is 17.9 Å². The molecule has 2 aromatic carbocycles. The van der Waals surface area contributed by atoms with Gasteiger partial charge in [-0.05, 0) is 23.8 Å². The van der Waals surface area contributed by atoms with Crippen molar-refractivity contribution in [1.82, 2.24) is 14.5 Å². The van der Waals surface area contributed by atoms with Gasteiger partial charge in [-0.25, -0.2) is 4.98 Å². The van der Waals surface area contributed by atoms with Crippen molar-refractivity contribution in [1.29, 1.82) is 0 Å². The molecule has 2 heterocycles. The zero-order valence-electron chi connectivity index (χ0n) is 15.6. The van der Waals surface area contributed by atoms with Crippen LogP contribution in [0.3, 0.4) is 0 Å². The predicted octanol–water partition coefficient (Wildman–Crippen LogP) is 2.48. The lowest BCUT2D eigenvalue weighted by atomic mass is 10.1. The summed E-state index contributed by atoms with van der Waals surface area (Å²) >= 11 is 6.17. The number of rotatable bonds is 3. The van der Waals surface area contributed by atoms with Gasteiger partial charge in [0.05, 0.1) is 17.5 Å². The molecule has 3 aromatic rings. The number of piperazine rings is 1. The highest BCUT2D eigenvalue weighted by Gasteiger charge is 2.24. The third-order valence-corrected chi connectivity index (χ3v) is 5.57. The number of carbonyl (C=O) groups is 1. The minimum Gasteiger partial charge on any atom is -0.348 e. The summed E-state index contributed by atoms with van der Waals surface area (Å²) in [6, 6.07) is 15.0. The maximum atomic E-state index is 12.7. The molecule has 1 aliphatic heterocycles. The van der Waals surface area contributed by atoms with Crippen LogP contribution in [0.1, 0.15) is 5.56 Å². The van der Waals surface area contributed by atoms with Crippen molar-refractivity contribution in [3.8, 4) is 0 Å². The minimum atomic E-state index is -0.116.